The molecule has 0 aromatic rings. The van der Waals surface area contributed by atoms with Gasteiger partial charge in [0.05, 0.1) is 19.7 Å². The van der Waals surface area contributed by atoms with E-state index in [1.165, 1.54) is 12.8 Å². The molecule has 0 aliphatic carbocycles. The monoisotopic (exact) mass is 283 g/mol. The molecule has 1 atom stereocenters. The fourth-order valence-corrected chi connectivity index (χ4v) is 2.97. The molecule has 6 heteroatoms. The minimum atomic E-state index is -0.0577. The Morgan fingerprint density at radius 2 is 2.25 bits per heavy atom. The Bertz CT molecular complexity index is 349. The summed E-state index contributed by atoms with van der Waals surface area (Å²) < 4.78 is 5.25. The third-order valence-corrected chi connectivity index (χ3v) is 4.01. The number of amides is 2. The fraction of sp³-hybridized carbons (Fsp3) is 0.857. The molecule has 0 aromatic carbocycles. The first-order chi connectivity index (χ1) is 9.69. The predicted molar refractivity (Wildman–Crippen MR) is 75.2 cm³/mol. The molecule has 2 aliphatic rings. The molecule has 2 rings (SSSR count). The van der Waals surface area contributed by atoms with Crippen LogP contribution in [0.4, 0.5) is 0 Å². The van der Waals surface area contributed by atoms with Crippen molar-refractivity contribution in [2.24, 2.45) is 5.92 Å². The highest BCUT2D eigenvalue weighted by Gasteiger charge is 2.25. The van der Waals surface area contributed by atoms with Crippen LogP contribution in [-0.2, 0) is 14.3 Å². The third-order valence-electron chi connectivity index (χ3n) is 4.01. The smallest absolute Gasteiger partial charge is 0.239 e. The highest BCUT2D eigenvalue weighted by atomic mass is 16.5. The molecule has 0 bridgehead atoms. The Morgan fingerprint density at radius 3 is 3.00 bits per heavy atom. The number of carbonyl (C=O) groups is 2. The lowest BCUT2D eigenvalue weighted by Crippen LogP contribution is -2.52. The molecule has 0 radical (unpaired) electrons. The zero-order valence-electron chi connectivity index (χ0n) is 12.3. The van der Waals surface area contributed by atoms with Gasteiger partial charge in [-0.05, 0) is 25.3 Å². The normalized spacial score (nSPS) is 25.1. The van der Waals surface area contributed by atoms with E-state index in [1.807, 2.05) is 0 Å². The number of piperazine rings is 1. The van der Waals surface area contributed by atoms with Gasteiger partial charge in [0.25, 0.3) is 0 Å². The molecule has 1 N–H and O–H groups in total. The van der Waals surface area contributed by atoms with Crippen LogP contribution < -0.4 is 5.32 Å². The highest BCUT2D eigenvalue weighted by molar-refractivity contribution is 5.86. The average molecular weight is 283 g/mol. The SMILES string of the molecule is COCC1CCCCN(CC(=O)N2CCNC(=O)C2)C1. The van der Waals surface area contributed by atoms with E-state index in [0.717, 1.165) is 26.1 Å². The van der Waals surface area contributed by atoms with Crippen LogP contribution in [-0.4, -0.2) is 74.6 Å². The highest BCUT2D eigenvalue weighted by Crippen LogP contribution is 2.16. The topological polar surface area (TPSA) is 61.9 Å². The van der Waals surface area contributed by atoms with Gasteiger partial charge >= 0.3 is 0 Å². The van der Waals surface area contributed by atoms with Gasteiger partial charge in [-0.15, -0.1) is 0 Å². The van der Waals surface area contributed by atoms with Crippen molar-refractivity contribution in [1.29, 1.82) is 0 Å². The van der Waals surface area contributed by atoms with Crippen LogP contribution in [0, 0.1) is 5.92 Å². The maximum atomic E-state index is 12.3. The Kier molecular flexibility index (Phi) is 5.79. The van der Waals surface area contributed by atoms with Crippen molar-refractivity contribution in [2.45, 2.75) is 19.3 Å². The van der Waals surface area contributed by atoms with Crippen LogP contribution in [0.1, 0.15) is 19.3 Å². The number of nitrogens with one attached hydrogen (secondary N) is 1. The van der Waals surface area contributed by atoms with Crippen molar-refractivity contribution < 1.29 is 14.3 Å². The van der Waals surface area contributed by atoms with Crippen molar-refractivity contribution in [3.8, 4) is 0 Å². The molecule has 0 aromatic heterocycles. The second-order valence-electron chi connectivity index (χ2n) is 5.72. The molecule has 2 saturated heterocycles. The quantitative estimate of drug-likeness (QED) is 0.769. The summed E-state index contributed by atoms with van der Waals surface area (Å²) >= 11 is 0. The van der Waals surface area contributed by atoms with Crippen molar-refractivity contribution >= 4 is 11.8 Å². The van der Waals surface area contributed by atoms with Gasteiger partial charge in [-0.3, -0.25) is 14.5 Å². The summed E-state index contributed by atoms with van der Waals surface area (Å²) in [5, 5.41) is 2.74. The first-order valence-electron chi connectivity index (χ1n) is 7.45. The van der Waals surface area contributed by atoms with Gasteiger partial charge in [-0.2, -0.15) is 0 Å². The van der Waals surface area contributed by atoms with Crippen molar-refractivity contribution in [1.82, 2.24) is 15.1 Å². The number of nitrogens with zero attached hydrogens (tertiary/aromatic N) is 2. The van der Waals surface area contributed by atoms with Gasteiger partial charge < -0.3 is 15.0 Å². The second-order valence-corrected chi connectivity index (χ2v) is 5.72. The van der Waals surface area contributed by atoms with E-state index in [1.54, 1.807) is 12.0 Å². The Balaban J connectivity index is 1.83. The lowest BCUT2D eigenvalue weighted by molar-refractivity contribution is -0.139. The maximum Gasteiger partial charge on any atom is 0.239 e. The van der Waals surface area contributed by atoms with E-state index in [0.29, 0.717) is 25.6 Å². The molecule has 6 nitrogen and oxygen atoms in total. The van der Waals surface area contributed by atoms with Crippen LogP contribution in [0.3, 0.4) is 0 Å². The van der Waals surface area contributed by atoms with E-state index >= 15 is 0 Å². The summed E-state index contributed by atoms with van der Waals surface area (Å²) in [6.45, 7) is 4.46. The van der Waals surface area contributed by atoms with Crippen molar-refractivity contribution in [3.05, 3.63) is 0 Å². The van der Waals surface area contributed by atoms with Crippen molar-refractivity contribution in [2.75, 3.05) is 53.0 Å². The Morgan fingerprint density at radius 1 is 1.40 bits per heavy atom. The molecule has 2 heterocycles. The van der Waals surface area contributed by atoms with E-state index in [2.05, 4.69) is 10.2 Å². The maximum absolute atomic E-state index is 12.3. The summed E-state index contributed by atoms with van der Waals surface area (Å²) in [6, 6.07) is 0. The molecule has 20 heavy (non-hydrogen) atoms. The zero-order chi connectivity index (χ0) is 14.4. The lowest BCUT2D eigenvalue weighted by Gasteiger charge is -2.30. The standard InChI is InChI=1S/C14H25N3O3/c1-20-11-12-4-2-3-6-16(8-12)10-14(19)17-7-5-15-13(18)9-17/h12H,2-11H2,1H3,(H,15,18). The number of rotatable bonds is 4. The third kappa shape index (κ3) is 4.45. The number of carbonyl (C=O) groups excluding carboxylic acids is 2. The zero-order valence-corrected chi connectivity index (χ0v) is 12.3. The number of hydrogen-bond acceptors (Lipinski definition) is 4. The molecule has 114 valence electrons. The number of methoxy groups -OCH3 is 1. The van der Waals surface area contributed by atoms with E-state index in [4.69, 9.17) is 4.74 Å². The van der Waals surface area contributed by atoms with Crippen LogP contribution in [0.15, 0.2) is 0 Å². The van der Waals surface area contributed by atoms with E-state index in [-0.39, 0.29) is 18.4 Å². The fourth-order valence-electron chi connectivity index (χ4n) is 2.97. The largest absolute Gasteiger partial charge is 0.384 e. The summed E-state index contributed by atoms with van der Waals surface area (Å²) in [4.78, 5) is 27.5. The summed E-state index contributed by atoms with van der Waals surface area (Å²) in [7, 11) is 1.73. The van der Waals surface area contributed by atoms with Gasteiger partial charge in [-0.1, -0.05) is 6.42 Å². The van der Waals surface area contributed by atoms with Crippen molar-refractivity contribution in [3.63, 3.8) is 0 Å². The average Bonchev–Trinajstić information content (AvgIpc) is 2.64. The molecule has 0 spiro atoms. The molecule has 2 aliphatic heterocycles. The van der Waals surface area contributed by atoms with E-state index < -0.39 is 0 Å². The van der Waals surface area contributed by atoms with Gasteiger partial charge in [0.2, 0.25) is 11.8 Å². The summed E-state index contributed by atoms with van der Waals surface area (Å²) in [5.41, 5.74) is 0. The summed E-state index contributed by atoms with van der Waals surface area (Å²) in [6.07, 6.45) is 3.50. The number of likely N-dealkylation sites (tertiary alicyclic amines) is 1. The molecule has 2 fully saturated rings. The van der Waals surface area contributed by atoms with E-state index in [9.17, 15) is 9.59 Å². The first kappa shape index (κ1) is 15.3. The minimum absolute atomic E-state index is 0.0577. The molecule has 1 unspecified atom stereocenters. The predicted octanol–water partition coefficient (Wildman–Crippen LogP) is -0.307. The number of hydrogen-bond donors (Lipinski definition) is 1. The Labute approximate surface area is 120 Å². The van der Waals surface area contributed by atoms with Gasteiger partial charge in [0.1, 0.15) is 0 Å². The van der Waals surface area contributed by atoms with Gasteiger partial charge in [-0.25, -0.2) is 0 Å². The summed E-state index contributed by atoms with van der Waals surface area (Å²) in [5.74, 6) is 0.524. The van der Waals surface area contributed by atoms with Gasteiger partial charge in [0.15, 0.2) is 0 Å². The molecular formula is C14H25N3O3. The molecular weight excluding hydrogens is 258 g/mol. The number of ether oxygens (including phenoxy) is 1. The van der Waals surface area contributed by atoms with Crippen LogP contribution in [0.2, 0.25) is 0 Å². The first-order valence-corrected chi connectivity index (χ1v) is 7.45. The molecule has 2 amide bonds. The second kappa shape index (κ2) is 7.59. The van der Waals surface area contributed by atoms with Crippen LogP contribution in [0.25, 0.3) is 0 Å². The molecule has 0 saturated carbocycles. The van der Waals surface area contributed by atoms with Crippen LogP contribution >= 0.6 is 0 Å². The van der Waals surface area contributed by atoms with Crippen LogP contribution in [0.5, 0.6) is 0 Å². The van der Waals surface area contributed by atoms with Gasteiger partial charge in [0, 0.05) is 26.7 Å². The lowest BCUT2D eigenvalue weighted by atomic mass is 10.0. The Hall–Kier alpha value is -1.14. The minimum Gasteiger partial charge on any atom is -0.384 e.